The van der Waals surface area contributed by atoms with Gasteiger partial charge in [-0.25, -0.2) is 19.6 Å². The Morgan fingerprint density at radius 2 is 1.09 bits per heavy atom. The van der Waals surface area contributed by atoms with Crippen LogP contribution in [0, 0.1) is 11.8 Å². The van der Waals surface area contributed by atoms with Crippen molar-refractivity contribution in [2.75, 3.05) is 27.3 Å². The number of carbonyl (C=O) groups excluding carboxylic acids is 4. The van der Waals surface area contributed by atoms with Gasteiger partial charge in [0.25, 0.3) is 0 Å². The minimum atomic E-state index is -0.603. The van der Waals surface area contributed by atoms with E-state index in [-0.39, 0.29) is 41.1 Å². The summed E-state index contributed by atoms with van der Waals surface area (Å²) in [5.41, 5.74) is 9.65. The number of nitrogens with zero attached hydrogens (tertiary/aromatic N) is 4. The summed E-state index contributed by atoms with van der Waals surface area (Å²) in [6.07, 6.45) is 23.4. The maximum Gasteiger partial charge on any atom is 0.407 e. The average molecular weight is 913 g/mol. The van der Waals surface area contributed by atoms with Crippen molar-refractivity contribution in [1.29, 1.82) is 0 Å². The van der Waals surface area contributed by atoms with Crippen LogP contribution in [0.25, 0.3) is 33.6 Å². The zero-order valence-corrected chi connectivity index (χ0v) is 39.4. The van der Waals surface area contributed by atoms with E-state index in [2.05, 4.69) is 57.0 Å². The first-order valence-electron chi connectivity index (χ1n) is 25.4. The molecular weight excluding hydrogens is 845 g/mol. The molecular formula is C53H68N8O6. The van der Waals surface area contributed by atoms with Gasteiger partial charge in [0.1, 0.15) is 23.7 Å². The van der Waals surface area contributed by atoms with E-state index in [1.54, 1.807) is 0 Å². The second-order valence-electron chi connectivity index (χ2n) is 20.3. The second-order valence-corrected chi connectivity index (χ2v) is 20.3. The number of hydrogen-bond donors (Lipinski definition) is 4. The van der Waals surface area contributed by atoms with Crippen molar-refractivity contribution in [3.05, 3.63) is 71.6 Å². The predicted molar refractivity (Wildman–Crippen MR) is 255 cm³/mol. The number of hydrogen-bond acceptors (Lipinski definition) is 8. The first-order chi connectivity index (χ1) is 32.7. The van der Waals surface area contributed by atoms with Crippen LogP contribution in [0.2, 0.25) is 0 Å². The van der Waals surface area contributed by atoms with Gasteiger partial charge >= 0.3 is 12.2 Å². The fourth-order valence-electron chi connectivity index (χ4n) is 13.2. The number of imidazole rings is 2. The van der Waals surface area contributed by atoms with Gasteiger partial charge in [-0.05, 0) is 122 Å². The molecule has 4 unspecified atom stereocenters. The monoisotopic (exact) mass is 913 g/mol. The molecule has 0 bridgehead atoms. The van der Waals surface area contributed by atoms with Gasteiger partial charge in [0, 0.05) is 18.7 Å². The Bertz CT molecular complexity index is 2430. The lowest BCUT2D eigenvalue weighted by atomic mass is 9.76. The summed E-state index contributed by atoms with van der Waals surface area (Å²) >= 11 is 0. The number of benzene rings is 2. The molecule has 1 spiro atoms. The summed E-state index contributed by atoms with van der Waals surface area (Å²) in [5.74, 6) is 1.69. The van der Waals surface area contributed by atoms with Gasteiger partial charge in [0.15, 0.2) is 0 Å². The molecule has 5 fully saturated rings. The number of likely N-dealkylation sites (tertiary alicyclic amines) is 2. The van der Waals surface area contributed by atoms with Crippen molar-refractivity contribution in [2.45, 2.75) is 158 Å². The molecule has 10 rings (SSSR count). The zero-order valence-electron chi connectivity index (χ0n) is 39.4. The van der Waals surface area contributed by atoms with Gasteiger partial charge in [-0.2, -0.15) is 0 Å². The molecule has 14 nitrogen and oxygen atoms in total. The van der Waals surface area contributed by atoms with Gasteiger partial charge in [0.05, 0.1) is 50.1 Å². The summed E-state index contributed by atoms with van der Waals surface area (Å²) in [5, 5.41) is 5.82. The van der Waals surface area contributed by atoms with Crippen LogP contribution in [-0.4, -0.2) is 93.1 Å². The van der Waals surface area contributed by atoms with Crippen molar-refractivity contribution in [3.63, 3.8) is 0 Å². The largest absolute Gasteiger partial charge is 0.453 e. The Balaban J connectivity index is 0.885. The third kappa shape index (κ3) is 8.85. The molecule has 356 valence electrons. The molecule has 4 aromatic rings. The summed E-state index contributed by atoms with van der Waals surface area (Å²) in [7, 11) is 2.70. The van der Waals surface area contributed by atoms with Crippen LogP contribution in [0.5, 0.6) is 0 Å². The Hall–Kier alpha value is -5.66. The molecule has 14 heteroatoms. The lowest BCUT2D eigenvalue weighted by molar-refractivity contribution is -0.136. The molecule has 4 aliphatic carbocycles. The molecule has 2 aromatic carbocycles. The Labute approximate surface area is 394 Å². The van der Waals surface area contributed by atoms with Crippen molar-refractivity contribution in [2.24, 2.45) is 11.8 Å². The molecule has 2 saturated heterocycles. The Morgan fingerprint density at radius 3 is 1.63 bits per heavy atom. The number of rotatable bonds is 11. The third-order valence-electron chi connectivity index (χ3n) is 16.6. The molecule has 6 aliphatic rings. The van der Waals surface area contributed by atoms with Crippen LogP contribution in [0.4, 0.5) is 9.59 Å². The summed E-state index contributed by atoms with van der Waals surface area (Å²) in [6, 6.07) is 11.8. The summed E-state index contributed by atoms with van der Waals surface area (Å²) in [6.45, 7) is 1.27. The van der Waals surface area contributed by atoms with Crippen molar-refractivity contribution < 1.29 is 28.7 Å². The van der Waals surface area contributed by atoms with Gasteiger partial charge in [-0.3, -0.25) is 9.59 Å². The molecule has 67 heavy (non-hydrogen) atoms. The fraction of sp³-hybridized carbons (Fsp3) is 0.585. The van der Waals surface area contributed by atoms with E-state index in [1.807, 2.05) is 22.2 Å². The summed E-state index contributed by atoms with van der Waals surface area (Å²) < 4.78 is 9.92. The number of ether oxygens (including phenoxy) is 2. The van der Waals surface area contributed by atoms with Crippen LogP contribution in [0.3, 0.4) is 0 Å². The standard InChI is InChI=1S/C53H68N8O6/c1-66-51(64)58-45(35-13-5-3-6-14-35)49(62)60-29-11-17-42(60)47-54-31-40(56-47)34-21-19-33(20-22-34)37-23-24-38(39-25-28-53(44(37)39)26-9-10-27-53)41-32-55-48(57-41)43-18-12-30-61(43)50(63)46(59-52(65)67-2)36-15-7-4-8-16-36/h19-24,31-32,35-36,42-43,45-46H,3-18,25-30H2,1-2H3,(H,54,56)(H,55,57)(H,58,64)(H,59,65). The number of fused-ring (bicyclic) bond motifs is 2. The van der Waals surface area contributed by atoms with Crippen LogP contribution < -0.4 is 10.6 Å². The summed E-state index contributed by atoms with van der Waals surface area (Å²) in [4.78, 5) is 74.3. The number of aromatic amines is 2. The van der Waals surface area contributed by atoms with Crippen LogP contribution in [0.1, 0.15) is 157 Å². The highest BCUT2D eigenvalue weighted by Crippen LogP contribution is 2.55. The maximum atomic E-state index is 14.3. The number of amides is 4. The molecule has 3 saturated carbocycles. The third-order valence-corrected chi connectivity index (χ3v) is 16.6. The molecule has 2 aromatic heterocycles. The molecule has 4 amide bonds. The van der Waals surface area contributed by atoms with Crippen LogP contribution in [-0.2, 0) is 30.9 Å². The maximum absolute atomic E-state index is 14.3. The van der Waals surface area contributed by atoms with Crippen molar-refractivity contribution in [1.82, 2.24) is 40.4 Å². The number of methoxy groups -OCH3 is 2. The Morgan fingerprint density at radius 1 is 0.597 bits per heavy atom. The van der Waals surface area contributed by atoms with Crippen molar-refractivity contribution >= 4 is 24.0 Å². The minimum absolute atomic E-state index is 0.0355. The zero-order chi connectivity index (χ0) is 46.1. The van der Waals surface area contributed by atoms with E-state index in [1.165, 1.54) is 67.7 Å². The SMILES string of the molecule is COC(=O)NC(C(=O)N1CCCC1c1ncc(-c2ccc(-c3ccc(-c4cnc(C5CCCN5C(=O)C(NC(=O)OC)C5CCCCC5)[nH]4)c4c3C3(CCCC3)CC4)cc2)[nH]1)C1CCCCC1. The van der Waals surface area contributed by atoms with Gasteiger partial charge in [0.2, 0.25) is 11.8 Å². The predicted octanol–water partition coefficient (Wildman–Crippen LogP) is 9.83. The molecule has 0 radical (unpaired) electrons. The highest BCUT2D eigenvalue weighted by Gasteiger charge is 2.45. The van der Waals surface area contributed by atoms with Gasteiger partial charge in [-0.15, -0.1) is 0 Å². The first kappa shape index (κ1) is 45.1. The van der Waals surface area contributed by atoms with Crippen LogP contribution >= 0.6 is 0 Å². The average Bonchev–Trinajstić information content (AvgIpc) is 4.25. The lowest BCUT2D eigenvalue weighted by Crippen LogP contribution is -2.52. The smallest absolute Gasteiger partial charge is 0.407 e. The van der Waals surface area contributed by atoms with Gasteiger partial charge in [-0.1, -0.05) is 87.8 Å². The molecule has 4 atom stereocenters. The number of alkyl carbamates (subject to hydrolysis) is 2. The van der Waals surface area contributed by atoms with E-state index in [9.17, 15) is 19.2 Å². The first-order valence-corrected chi connectivity index (χ1v) is 25.4. The Kier molecular flexibility index (Phi) is 13.1. The number of aromatic nitrogens is 4. The van der Waals surface area contributed by atoms with E-state index >= 15 is 0 Å². The number of carbonyl (C=O) groups is 4. The number of H-pyrrole nitrogens is 2. The topological polar surface area (TPSA) is 175 Å². The van der Waals surface area contributed by atoms with E-state index in [0.29, 0.717) is 13.1 Å². The minimum Gasteiger partial charge on any atom is -0.453 e. The molecule has 2 aliphatic heterocycles. The number of nitrogens with one attached hydrogen (secondary N) is 4. The highest BCUT2D eigenvalue weighted by molar-refractivity contribution is 5.87. The van der Waals surface area contributed by atoms with Gasteiger partial charge < -0.3 is 39.9 Å². The normalized spacial score (nSPS) is 22.7. The molecule has 4 N–H and O–H groups in total. The second kappa shape index (κ2) is 19.5. The van der Waals surface area contributed by atoms with E-state index in [4.69, 9.17) is 19.4 Å². The lowest BCUT2D eigenvalue weighted by Gasteiger charge is -2.34. The fourth-order valence-corrected chi connectivity index (χ4v) is 13.2. The quantitative estimate of drug-likeness (QED) is 0.115. The highest BCUT2D eigenvalue weighted by atomic mass is 16.5. The van der Waals surface area contributed by atoms with E-state index < -0.39 is 24.3 Å². The molecule has 4 heterocycles. The van der Waals surface area contributed by atoms with Crippen LogP contribution in [0.15, 0.2) is 48.8 Å². The van der Waals surface area contributed by atoms with E-state index in [0.717, 1.165) is 131 Å². The van der Waals surface area contributed by atoms with Crippen molar-refractivity contribution in [3.8, 4) is 33.6 Å².